The fourth-order valence-electron chi connectivity index (χ4n) is 1.71. The second-order valence-corrected chi connectivity index (χ2v) is 5.10. The van der Waals surface area contributed by atoms with Crippen molar-refractivity contribution in [3.63, 3.8) is 0 Å². The van der Waals surface area contributed by atoms with Crippen molar-refractivity contribution < 1.29 is 0 Å². The normalized spacial score (nSPS) is 13.1. The summed E-state index contributed by atoms with van der Waals surface area (Å²) in [5, 5.41) is 3.48. The molecule has 1 unspecified atom stereocenters. The zero-order valence-corrected chi connectivity index (χ0v) is 11.8. The van der Waals surface area contributed by atoms with Crippen molar-refractivity contribution in [2.45, 2.75) is 19.4 Å². The number of likely N-dealkylation sites (N-methyl/N-ethyl adjacent to an activating group) is 2. The standard InChI is InChI=1S/C12H20BrN3/c1-4-14-12(9-16(2)3)7-11-6-5-10(13)8-15-11/h5-6,8,12,14H,4,7,9H2,1-3H3. The summed E-state index contributed by atoms with van der Waals surface area (Å²) in [6, 6.07) is 4.58. The van der Waals surface area contributed by atoms with Crippen LogP contribution in [0, 0.1) is 0 Å². The van der Waals surface area contributed by atoms with E-state index in [0.717, 1.165) is 29.7 Å². The van der Waals surface area contributed by atoms with Gasteiger partial charge in [0.25, 0.3) is 0 Å². The van der Waals surface area contributed by atoms with E-state index in [1.807, 2.05) is 12.3 Å². The third kappa shape index (κ3) is 5.05. The lowest BCUT2D eigenvalue weighted by Gasteiger charge is -2.21. The lowest BCUT2D eigenvalue weighted by Crippen LogP contribution is -2.39. The largest absolute Gasteiger partial charge is 0.313 e. The first-order valence-electron chi connectivity index (χ1n) is 5.60. The average Bonchev–Trinajstić information content (AvgIpc) is 2.21. The van der Waals surface area contributed by atoms with Gasteiger partial charge < -0.3 is 10.2 Å². The number of nitrogens with zero attached hydrogens (tertiary/aromatic N) is 2. The van der Waals surface area contributed by atoms with Gasteiger partial charge in [0.05, 0.1) is 0 Å². The highest BCUT2D eigenvalue weighted by Gasteiger charge is 2.10. The molecule has 1 aromatic heterocycles. The molecule has 0 fully saturated rings. The number of hydrogen-bond acceptors (Lipinski definition) is 3. The molecule has 0 aliphatic heterocycles. The first-order valence-corrected chi connectivity index (χ1v) is 6.39. The molecule has 0 saturated carbocycles. The van der Waals surface area contributed by atoms with Crippen molar-refractivity contribution in [1.29, 1.82) is 0 Å². The second-order valence-electron chi connectivity index (χ2n) is 4.19. The zero-order valence-electron chi connectivity index (χ0n) is 10.2. The molecule has 16 heavy (non-hydrogen) atoms. The Kier molecular flexibility index (Phi) is 5.95. The maximum Gasteiger partial charge on any atom is 0.0420 e. The van der Waals surface area contributed by atoms with Crippen LogP contribution in [0.2, 0.25) is 0 Å². The molecule has 1 atom stereocenters. The molecule has 1 aromatic rings. The molecule has 0 aliphatic rings. The van der Waals surface area contributed by atoms with E-state index in [1.54, 1.807) is 0 Å². The van der Waals surface area contributed by atoms with Gasteiger partial charge in [0.1, 0.15) is 0 Å². The van der Waals surface area contributed by atoms with Crippen LogP contribution in [0.25, 0.3) is 0 Å². The highest BCUT2D eigenvalue weighted by Crippen LogP contribution is 2.09. The van der Waals surface area contributed by atoms with E-state index in [9.17, 15) is 0 Å². The monoisotopic (exact) mass is 285 g/mol. The van der Waals surface area contributed by atoms with Gasteiger partial charge in [-0.3, -0.25) is 4.98 Å². The van der Waals surface area contributed by atoms with Gasteiger partial charge in [0.15, 0.2) is 0 Å². The molecule has 0 radical (unpaired) electrons. The van der Waals surface area contributed by atoms with Crippen molar-refractivity contribution in [3.8, 4) is 0 Å². The van der Waals surface area contributed by atoms with E-state index in [0.29, 0.717) is 6.04 Å². The van der Waals surface area contributed by atoms with Crippen LogP contribution in [-0.2, 0) is 6.42 Å². The lowest BCUT2D eigenvalue weighted by molar-refractivity contribution is 0.338. The number of nitrogens with one attached hydrogen (secondary N) is 1. The predicted octanol–water partition coefficient (Wildman–Crippen LogP) is 1.93. The number of rotatable bonds is 6. The Morgan fingerprint density at radius 3 is 2.69 bits per heavy atom. The highest BCUT2D eigenvalue weighted by molar-refractivity contribution is 9.10. The van der Waals surface area contributed by atoms with Gasteiger partial charge in [-0.25, -0.2) is 0 Å². The minimum absolute atomic E-state index is 0.466. The molecule has 0 bridgehead atoms. The van der Waals surface area contributed by atoms with E-state index >= 15 is 0 Å². The topological polar surface area (TPSA) is 28.2 Å². The van der Waals surface area contributed by atoms with Crippen LogP contribution < -0.4 is 5.32 Å². The van der Waals surface area contributed by atoms with Crippen molar-refractivity contribution in [3.05, 3.63) is 28.5 Å². The van der Waals surface area contributed by atoms with Crippen LogP contribution in [0.5, 0.6) is 0 Å². The van der Waals surface area contributed by atoms with Crippen LogP contribution in [0.1, 0.15) is 12.6 Å². The van der Waals surface area contributed by atoms with E-state index < -0.39 is 0 Å². The highest BCUT2D eigenvalue weighted by atomic mass is 79.9. The minimum Gasteiger partial charge on any atom is -0.313 e. The fraction of sp³-hybridized carbons (Fsp3) is 0.583. The first-order chi connectivity index (χ1) is 7.61. The summed E-state index contributed by atoms with van der Waals surface area (Å²) in [5.41, 5.74) is 1.14. The van der Waals surface area contributed by atoms with Gasteiger partial charge in [0.2, 0.25) is 0 Å². The summed E-state index contributed by atoms with van der Waals surface area (Å²) >= 11 is 3.40. The Morgan fingerprint density at radius 1 is 1.44 bits per heavy atom. The Balaban J connectivity index is 2.56. The van der Waals surface area contributed by atoms with Gasteiger partial charge in [-0.05, 0) is 48.7 Å². The summed E-state index contributed by atoms with van der Waals surface area (Å²) in [6.07, 6.45) is 2.83. The zero-order chi connectivity index (χ0) is 12.0. The van der Waals surface area contributed by atoms with E-state index in [4.69, 9.17) is 0 Å². The summed E-state index contributed by atoms with van der Waals surface area (Å²) in [6.45, 7) is 4.16. The number of hydrogen-bond donors (Lipinski definition) is 1. The molecular weight excluding hydrogens is 266 g/mol. The molecule has 90 valence electrons. The molecular formula is C12H20BrN3. The Bertz CT molecular complexity index is 298. The molecule has 1 rings (SSSR count). The van der Waals surface area contributed by atoms with Crippen molar-refractivity contribution in [1.82, 2.24) is 15.2 Å². The van der Waals surface area contributed by atoms with Crippen LogP contribution in [-0.4, -0.2) is 43.1 Å². The van der Waals surface area contributed by atoms with Gasteiger partial charge in [-0.1, -0.05) is 6.92 Å². The van der Waals surface area contributed by atoms with E-state index in [2.05, 4.69) is 58.2 Å². The maximum atomic E-state index is 4.40. The molecule has 0 amide bonds. The molecule has 0 aliphatic carbocycles. The van der Waals surface area contributed by atoms with Crippen LogP contribution in [0.15, 0.2) is 22.8 Å². The van der Waals surface area contributed by atoms with E-state index in [1.165, 1.54) is 0 Å². The maximum absolute atomic E-state index is 4.40. The summed E-state index contributed by atoms with van der Waals surface area (Å²) in [5.74, 6) is 0. The smallest absolute Gasteiger partial charge is 0.0420 e. The van der Waals surface area contributed by atoms with Gasteiger partial charge in [-0.15, -0.1) is 0 Å². The van der Waals surface area contributed by atoms with Gasteiger partial charge in [0, 0.05) is 35.4 Å². The summed E-state index contributed by atoms with van der Waals surface area (Å²) in [4.78, 5) is 6.60. The molecule has 4 heteroatoms. The molecule has 1 N–H and O–H groups in total. The van der Waals surface area contributed by atoms with Crippen molar-refractivity contribution >= 4 is 15.9 Å². The van der Waals surface area contributed by atoms with Crippen molar-refractivity contribution in [2.75, 3.05) is 27.2 Å². The van der Waals surface area contributed by atoms with E-state index in [-0.39, 0.29) is 0 Å². The third-order valence-electron chi connectivity index (χ3n) is 2.32. The fourth-order valence-corrected chi connectivity index (χ4v) is 1.94. The minimum atomic E-state index is 0.466. The van der Waals surface area contributed by atoms with Gasteiger partial charge >= 0.3 is 0 Å². The Labute approximate surface area is 106 Å². The molecule has 0 spiro atoms. The second kappa shape index (κ2) is 6.99. The third-order valence-corrected chi connectivity index (χ3v) is 2.79. The number of halogens is 1. The lowest BCUT2D eigenvalue weighted by atomic mass is 10.1. The van der Waals surface area contributed by atoms with Crippen LogP contribution >= 0.6 is 15.9 Å². The van der Waals surface area contributed by atoms with Crippen LogP contribution in [0.4, 0.5) is 0 Å². The number of aromatic nitrogens is 1. The Morgan fingerprint density at radius 2 is 2.19 bits per heavy atom. The van der Waals surface area contributed by atoms with Gasteiger partial charge in [-0.2, -0.15) is 0 Å². The quantitative estimate of drug-likeness (QED) is 0.866. The predicted molar refractivity (Wildman–Crippen MR) is 71.7 cm³/mol. The van der Waals surface area contributed by atoms with Crippen LogP contribution in [0.3, 0.4) is 0 Å². The molecule has 1 heterocycles. The van der Waals surface area contributed by atoms with Crippen molar-refractivity contribution in [2.24, 2.45) is 0 Å². The SMILES string of the molecule is CCNC(Cc1ccc(Br)cn1)CN(C)C. The first kappa shape index (κ1) is 13.6. The summed E-state index contributed by atoms with van der Waals surface area (Å²) < 4.78 is 1.03. The molecule has 3 nitrogen and oxygen atoms in total. The summed E-state index contributed by atoms with van der Waals surface area (Å²) in [7, 11) is 4.19. The molecule has 0 aromatic carbocycles. The number of pyridine rings is 1. The average molecular weight is 286 g/mol. The Hall–Kier alpha value is -0.450. The molecule has 0 saturated heterocycles.